The van der Waals surface area contributed by atoms with Crippen molar-refractivity contribution in [2.24, 2.45) is 5.92 Å². The molecule has 0 unspecified atom stereocenters. The highest BCUT2D eigenvalue weighted by molar-refractivity contribution is 6.30. The summed E-state index contributed by atoms with van der Waals surface area (Å²) in [5, 5.41) is 3.45. The molecule has 1 fully saturated rings. The van der Waals surface area contributed by atoms with E-state index in [1.54, 1.807) is 13.2 Å². The number of halogens is 2. The Balaban J connectivity index is 2.15. The zero-order valence-electron chi connectivity index (χ0n) is 9.93. The topological polar surface area (TPSA) is 21.3 Å². The molecule has 4 heteroatoms. The molecular weight excluding hydrogens is 241 g/mol. The standard InChI is InChI=1S/C13H17ClFNO/c1-17-11-7-10(13(15)12(14)8-11)6-9-2-4-16-5-3-9/h7-9,16H,2-6H2,1H3. The Labute approximate surface area is 106 Å². The molecule has 1 saturated heterocycles. The second kappa shape index (κ2) is 5.69. The van der Waals surface area contributed by atoms with Crippen LogP contribution in [0.2, 0.25) is 5.02 Å². The summed E-state index contributed by atoms with van der Waals surface area (Å²) >= 11 is 5.85. The van der Waals surface area contributed by atoms with Crippen LogP contribution in [0.15, 0.2) is 12.1 Å². The molecular formula is C13H17ClFNO. The van der Waals surface area contributed by atoms with Gasteiger partial charge in [-0.05, 0) is 49.9 Å². The third kappa shape index (κ3) is 3.11. The molecule has 1 aromatic carbocycles. The highest BCUT2D eigenvalue weighted by atomic mass is 35.5. The smallest absolute Gasteiger partial charge is 0.145 e. The minimum atomic E-state index is -0.300. The van der Waals surface area contributed by atoms with E-state index in [4.69, 9.17) is 16.3 Å². The lowest BCUT2D eigenvalue weighted by atomic mass is 9.91. The molecule has 1 aromatic rings. The average molecular weight is 258 g/mol. The molecule has 1 heterocycles. The van der Waals surface area contributed by atoms with Gasteiger partial charge in [0.1, 0.15) is 11.6 Å². The number of piperidine rings is 1. The van der Waals surface area contributed by atoms with E-state index in [2.05, 4.69) is 5.32 Å². The zero-order valence-corrected chi connectivity index (χ0v) is 10.7. The van der Waals surface area contributed by atoms with E-state index < -0.39 is 0 Å². The molecule has 2 nitrogen and oxygen atoms in total. The van der Waals surface area contributed by atoms with E-state index in [1.807, 2.05) is 0 Å². The molecule has 0 aliphatic carbocycles. The zero-order chi connectivity index (χ0) is 12.3. The number of nitrogens with one attached hydrogen (secondary N) is 1. The first kappa shape index (κ1) is 12.7. The van der Waals surface area contributed by atoms with E-state index >= 15 is 0 Å². The van der Waals surface area contributed by atoms with Gasteiger partial charge in [0.25, 0.3) is 0 Å². The number of methoxy groups -OCH3 is 1. The van der Waals surface area contributed by atoms with Gasteiger partial charge >= 0.3 is 0 Å². The normalized spacial score (nSPS) is 17.1. The Hall–Kier alpha value is -0.800. The number of hydrogen-bond donors (Lipinski definition) is 1. The summed E-state index contributed by atoms with van der Waals surface area (Å²) in [5.41, 5.74) is 0.668. The summed E-state index contributed by atoms with van der Waals surface area (Å²) in [4.78, 5) is 0. The van der Waals surface area contributed by atoms with Gasteiger partial charge in [0.2, 0.25) is 0 Å². The fourth-order valence-corrected chi connectivity index (χ4v) is 2.51. The second-order valence-electron chi connectivity index (χ2n) is 4.48. The van der Waals surface area contributed by atoms with E-state index in [9.17, 15) is 4.39 Å². The molecule has 0 saturated carbocycles. The monoisotopic (exact) mass is 257 g/mol. The Morgan fingerprint density at radius 1 is 1.41 bits per heavy atom. The molecule has 0 spiro atoms. The van der Waals surface area contributed by atoms with Crippen LogP contribution >= 0.6 is 11.6 Å². The number of hydrogen-bond acceptors (Lipinski definition) is 2. The predicted octanol–water partition coefficient (Wildman–Crippen LogP) is 3.03. The number of ether oxygens (including phenoxy) is 1. The van der Waals surface area contributed by atoms with Gasteiger partial charge in [0.15, 0.2) is 0 Å². The Kier molecular flexibility index (Phi) is 4.24. The predicted molar refractivity (Wildman–Crippen MR) is 67.3 cm³/mol. The molecule has 94 valence electrons. The molecule has 0 atom stereocenters. The van der Waals surface area contributed by atoms with Gasteiger partial charge in [0.05, 0.1) is 12.1 Å². The lowest BCUT2D eigenvalue weighted by Crippen LogP contribution is -2.28. The SMILES string of the molecule is COc1cc(Cl)c(F)c(CC2CCNCC2)c1. The first-order chi connectivity index (χ1) is 8.20. The lowest BCUT2D eigenvalue weighted by molar-refractivity contribution is 0.366. The Bertz CT molecular complexity index is 391. The van der Waals surface area contributed by atoms with Crippen LogP contribution in [-0.2, 0) is 6.42 Å². The van der Waals surface area contributed by atoms with Gasteiger partial charge in [-0.1, -0.05) is 11.6 Å². The van der Waals surface area contributed by atoms with Gasteiger partial charge in [-0.25, -0.2) is 4.39 Å². The highest BCUT2D eigenvalue weighted by Gasteiger charge is 2.17. The molecule has 0 amide bonds. The summed E-state index contributed by atoms with van der Waals surface area (Å²) in [6.07, 6.45) is 2.92. The van der Waals surface area contributed by atoms with Gasteiger partial charge in [-0.2, -0.15) is 0 Å². The van der Waals surface area contributed by atoms with Crippen LogP contribution in [-0.4, -0.2) is 20.2 Å². The quantitative estimate of drug-likeness (QED) is 0.899. The number of rotatable bonds is 3. The largest absolute Gasteiger partial charge is 0.497 e. The Morgan fingerprint density at radius 2 is 2.12 bits per heavy atom. The molecule has 1 aliphatic heterocycles. The van der Waals surface area contributed by atoms with E-state index in [-0.39, 0.29) is 10.8 Å². The van der Waals surface area contributed by atoms with Crippen molar-refractivity contribution in [1.29, 1.82) is 0 Å². The maximum atomic E-state index is 13.9. The van der Waals surface area contributed by atoms with Crippen LogP contribution in [0.5, 0.6) is 5.75 Å². The second-order valence-corrected chi connectivity index (χ2v) is 4.89. The molecule has 1 N–H and O–H groups in total. The molecule has 0 radical (unpaired) electrons. The van der Waals surface area contributed by atoms with Crippen LogP contribution < -0.4 is 10.1 Å². The van der Waals surface area contributed by atoms with Crippen molar-refractivity contribution in [3.8, 4) is 5.75 Å². The highest BCUT2D eigenvalue weighted by Crippen LogP contribution is 2.28. The van der Waals surface area contributed by atoms with Crippen LogP contribution in [0.1, 0.15) is 18.4 Å². The van der Waals surface area contributed by atoms with E-state index in [0.29, 0.717) is 17.2 Å². The molecule has 1 aliphatic rings. The van der Waals surface area contributed by atoms with Crippen LogP contribution in [0, 0.1) is 11.7 Å². The molecule has 2 rings (SSSR count). The summed E-state index contributed by atoms with van der Waals surface area (Å²) in [6, 6.07) is 3.27. The van der Waals surface area contributed by atoms with Crippen molar-refractivity contribution in [2.45, 2.75) is 19.3 Å². The minimum absolute atomic E-state index is 0.147. The third-order valence-electron chi connectivity index (χ3n) is 3.28. The van der Waals surface area contributed by atoms with Crippen molar-refractivity contribution in [3.63, 3.8) is 0 Å². The molecule has 0 bridgehead atoms. The van der Waals surface area contributed by atoms with Crippen molar-refractivity contribution in [2.75, 3.05) is 20.2 Å². The van der Waals surface area contributed by atoms with Crippen molar-refractivity contribution < 1.29 is 9.13 Å². The first-order valence-electron chi connectivity index (χ1n) is 5.93. The number of benzene rings is 1. The van der Waals surface area contributed by atoms with Crippen molar-refractivity contribution >= 4 is 11.6 Å². The summed E-state index contributed by atoms with van der Waals surface area (Å²) < 4.78 is 19.0. The summed E-state index contributed by atoms with van der Waals surface area (Å²) in [6.45, 7) is 2.04. The summed E-state index contributed by atoms with van der Waals surface area (Å²) in [5.74, 6) is 0.861. The lowest BCUT2D eigenvalue weighted by Gasteiger charge is -2.23. The fourth-order valence-electron chi connectivity index (χ4n) is 2.28. The maximum Gasteiger partial charge on any atom is 0.145 e. The van der Waals surface area contributed by atoms with E-state index in [0.717, 1.165) is 32.4 Å². The minimum Gasteiger partial charge on any atom is -0.497 e. The average Bonchev–Trinajstić information content (AvgIpc) is 2.36. The van der Waals surface area contributed by atoms with E-state index in [1.165, 1.54) is 6.07 Å². The molecule has 0 aromatic heterocycles. The van der Waals surface area contributed by atoms with Gasteiger partial charge < -0.3 is 10.1 Å². The van der Waals surface area contributed by atoms with Crippen LogP contribution in [0.3, 0.4) is 0 Å². The fraction of sp³-hybridized carbons (Fsp3) is 0.538. The van der Waals surface area contributed by atoms with Gasteiger partial charge in [0, 0.05) is 6.07 Å². The maximum absolute atomic E-state index is 13.9. The van der Waals surface area contributed by atoms with Gasteiger partial charge in [-0.15, -0.1) is 0 Å². The van der Waals surface area contributed by atoms with Gasteiger partial charge in [-0.3, -0.25) is 0 Å². The molecule has 17 heavy (non-hydrogen) atoms. The van der Waals surface area contributed by atoms with Crippen molar-refractivity contribution in [3.05, 3.63) is 28.5 Å². The third-order valence-corrected chi connectivity index (χ3v) is 3.56. The first-order valence-corrected chi connectivity index (χ1v) is 6.31. The van der Waals surface area contributed by atoms with Crippen molar-refractivity contribution in [1.82, 2.24) is 5.32 Å². The Morgan fingerprint density at radius 3 is 2.76 bits per heavy atom. The van der Waals surface area contributed by atoms with Crippen LogP contribution in [0.4, 0.5) is 4.39 Å². The van der Waals surface area contributed by atoms with Crippen LogP contribution in [0.25, 0.3) is 0 Å². The summed E-state index contributed by atoms with van der Waals surface area (Å²) in [7, 11) is 1.57.